The number of anilines is 1. The fourth-order valence-electron chi connectivity index (χ4n) is 4.17. The van der Waals surface area contributed by atoms with E-state index < -0.39 is 6.10 Å². The van der Waals surface area contributed by atoms with Crippen LogP contribution in [0.2, 0.25) is 0 Å². The van der Waals surface area contributed by atoms with Gasteiger partial charge in [-0.05, 0) is 24.5 Å². The second-order valence-corrected chi connectivity index (χ2v) is 8.57. The Hall–Kier alpha value is -3.04. The molecule has 3 heterocycles. The van der Waals surface area contributed by atoms with Gasteiger partial charge in [-0.2, -0.15) is 0 Å². The van der Waals surface area contributed by atoms with Crippen LogP contribution in [0.15, 0.2) is 30.3 Å². The van der Waals surface area contributed by atoms with E-state index in [9.17, 15) is 14.7 Å². The van der Waals surface area contributed by atoms with Gasteiger partial charge in [0, 0.05) is 52.3 Å². The Morgan fingerprint density at radius 2 is 1.97 bits per heavy atom. The van der Waals surface area contributed by atoms with Gasteiger partial charge in [0.2, 0.25) is 5.91 Å². The van der Waals surface area contributed by atoms with Crippen LogP contribution < -0.4 is 10.6 Å². The maximum atomic E-state index is 12.6. The van der Waals surface area contributed by atoms with Crippen molar-refractivity contribution >= 4 is 17.6 Å². The lowest BCUT2D eigenvalue weighted by Gasteiger charge is -2.39. The van der Waals surface area contributed by atoms with Gasteiger partial charge in [0.1, 0.15) is 17.3 Å². The van der Waals surface area contributed by atoms with Crippen LogP contribution in [0.25, 0.3) is 0 Å². The maximum absolute atomic E-state index is 12.6. The number of fused-ring (bicyclic) bond motifs is 1. The molecule has 0 aliphatic carbocycles. The molecule has 1 unspecified atom stereocenters. The highest BCUT2D eigenvalue weighted by molar-refractivity contribution is 5.93. The SMILES string of the molecule is CC(=O)N1CC(Nc2cc(C(=O)NCC(O)CN3CCc4ccccc4C3)nc(C)n2)C1. The number of carbonyl (C=O) groups excluding carboxylic acids is 2. The van der Waals surface area contributed by atoms with Gasteiger partial charge in [0.15, 0.2) is 0 Å². The van der Waals surface area contributed by atoms with Crippen LogP contribution in [0.3, 0.4) is 0 Å². The zero-order chi connectivity index (χ0) is 22.7. The fourth-order valence-corrected chi connectivity index (χ4v) is 4.17. The van der Waals surface area contributed by atoms with Crippen molar-refractivity contribution in [3.8, 4) is 0 Å². The van der Waals surface area contributed by atoms with Crippen LogP contribution in [-0.4, -0.2) is 81.6 Å². The number of nitrogens with one attached hydrogen (secondary N) is 2. The number of hydrogen-bond acceptors (Lipinski definition) is 7. The number of benzene rings is 1. The molecule has 32 heavy (non-hydrogen) atoms. The number of β-amino-alcohol motifs (C(OH)–C–C–N with tert-alkyl or cyclic N) is 1. The van der Waals surface area contributed by atoms with E-state index in [1.54, 1.807) is 24.8 Å². The van der Waals surface area contributed by atoms with Crippen LogP contribution in [0.4, 0.5) is 5.82 Å². The number of rotatable bonds is 7. The van der Waals surface area contributed by atoms with Gasteiger partial charge >= 0.3 is 0 Å². The van der Waals surface area contributed by atoms with Crippen LogP contribution >= 0.6 is 0 Å². The summed E-state index contributed by atoms with van der Waals surface area (Å²) < 4.78 is 0. The van der Waals surface area contributed by atoms with Crippen LogP contribution in [0.5, 0.6) is 0 Å². The molecule has 2 aromatic rings. The molecular formula is C23H30N6O3. The zero-order valence-electron chi connectivity index (χ0n) is 18.5. The number of aryl methyl sites for hydroxylation is 1. The molecule has 1 aromatic heterocycles. The standard InChI is InChI=1S/C23H30N6O3/c1-15-25-21(9-22(26-15)27-19-12-29(13-19)16(2)30)23(32)24-10-20(31)14-28-8-7-17-5-3-4-6-18(17)11-28/h3-6,9,19-20,31H,7-8,10-14H2,1-2H3,(H,24,32)(H,25,26,27). The van der Waals surface area contributed by atoms with Gasteiger partial charge in [-0.1, -0.05) is 24.3 Å². The molecule has 1 aromatic carbocycles. The van der Waals surface area contributed by atoms with Crippen molar-refractivity contribution in [2.45, 2.75) is 39.0 Å². The monoisotopic (exact) mass is 438 g/mol. The van der Waals surface area contributed by atoms with Crippen molar-refractivity contribution in [1.29, 1.82) is 0 Å². The first-order valence-electron chi connectivity index (χ1n) is 11.0. The van der Waals surface area contributed by atoms with E-state index in [4.69, 9.17) is 0 Å². The van der Waals surface area contributed by atoms with Gasteiger partial charge in [0.25, 0.3) is 5.91 Å². The Kier molecular flexibility index (Phi) is 6.66. The van der Waals surface area contributed by atoms with Crippen molar-refractivity contribution in [3.63, 3.8) is 0 Å². The molecule has 2 amide bonds. The van der Waals surface area contributed by atoms with Crippen molar-refractivity contribution < 1.29 is 14.7 Å². The van der Waals surface area contributed by atoms with Crippen molar-refractivity contribution in [2.24, 2.45) is 0 Å². The lowest BCUT2D eigenvalue weighted by atomic mass is 10.00. The van der Waals surface area contributed by atoms with Crippen LogP contribution in [0, 0.1) is 6.92 Å². The Morgan fingerprint density at radius 1 is 1.22 bits per heavy atom. The van der Waals surface area contributed by atoms with Gasteiger partial charge in [-0.25, -0.2) is 9.97 Å². The van der Waals surface area contributed by atoms with E-state index in [-0.39, 0.29) is 30.1 Å². The summed E-state index contributed by atoms with van der Waals surface area (Å²) in [5, 5.41) is 16.5. The van der Waals surface area contributed by atoms with E-state index in [0.717, 1.165) is 19.5 Å². The quantitative estimate of drug-likeness (QED) is 0.580. The first kappa shape index (κ1) is 22.2. The molecule has 1 saturated heterocycles. The Balaban J connectivity index is 1.26. The normalized spacial score (nSPS) is 17.3. The first-order chi connectivity index (χ1) is 15.4. The minimum Gasteiger partial charge on any atom is -0.390 e. The highest BCUT2D eigenvalue weighted by atomic mass is 16.3. The maximum Gasteiger partial charge on any atom is 0.270 e. The number of amides is 2. The van der Waals surface area contributed by atoms with Crippen molar-refractivity contribution in [1.82, 2.24) is 25.1 Å². The third-order valence-corrected chi connectivity index (χ3v) is 5.93. The third kappa shape index (κ3) is 5.41. The molecule has 0 bridgehead atoms. The smallest absolute Gasteiger partial charge is 0.270 e. The van der Waals surface area contributed by atoms with E-state index in [1.807, 2.05) is 6.07 Å². The molecule has 2 aliphatic rings. The Morgan fingerprint density at radius 3 is 2.72 bits per heavy atom. The summed E-state index contributed by atoms with van der Waals surface area (Å²) in [5.74, 6) is 0.744. The molecule has 1 atom stereocenters. The topological polar surface area (TPSA) is 111 Å². The molecule has 0 radical (unpaired) electrons. The first-order valence-corrected chi connectivity index (χ1v) is 11.0. The number of likely N-dealkylation sites (tertiary alicyclic amines) is 1. The predicted molar refractivity (Wildman–Crippen MR) is 120 cm³/mol. The number of nitrogens with zero attached hydrogens (tertiary/aromatic N) is 4. The molecule has 1 fully saturated rings. The van der Waals surface area contributed by atoms with Gasteiger partial charge in [-0.15, -0.1) is 0 Å². The molecule has 2 aliphatic heterocycles. The fraction of sp³-hybridized carbons (Fsp3) is 0.478. The number of aromatic nitrogens is 2. The summed E-state index contributed by atoms with van der Waals surface area (Å²) >= 11 is 0. The van der Waals surface area contributed by atoms with E-state index in [0.29, 0.717) is 31.3 Å². The second kappa shape index (κ2) is 9.62. The van der Waals surface area contributed by atoms with E-state index in [2.05, 4.69) is 43.7 Å². The molecule has 0 spiro atoms. The molecular weight excluding hydrogens is 408 g/mol. The highest BCUT2D eigenvalue weighted by Crippen LogP contribution is 2.18. The predicted octanol–water partition coefficient (Wildman–Crippen LogP) is 0.577. The summed E-state index contributed by atoms with van der Waals surface area (Å²) in [6, 6.07) is 10.1. The zero-order valence-corrected chi connectivity index (χ0v) is 18.5. The van der Waals surface area contributed by atoms with Crippen molar-refractivity contribution in [2.75, 3.05) is 38.0 Å². The Labute approximate surface area is 187 Å². The highest BCUT2D eigenvalue weighted by Gasteiger charge is 2.29. The van der Waals surface area contributed by atoms with E-state index >= 15 is 0 Å². The summed E-state index contributed by atoms with van der Waals surface area (Å²) in [7, 11) is 0. The van der Waals surface area contributed by atoms with Gasteiger partial charge < -0.3 is 20.6 Å². The second-order valence-electron chi connectivity index (χ2n) is 8.57. The van der Waals surface area contributed by atoms with Crippen LogP contribution in [0.1, 0.15) is 34.4 Å². The average Bonchev–Trinajstić information content (AvgIpc) is 2.73. The third-order valence-electron chi connectivity index (χ3n) is 5.93. The number of aliphatic hydroxyl groups is 1. The molecule has 170 valence electrons. The molecule has 4 rings (SSSR count). The minimum absolute atomic E-state index is 0.0503. The molecule has 9 nitrogen and oxygen atoms in total. The number of aliphatic hydroxyl groups excluding tert-OH is 1. The summed E-state index contributed by atoms with van der Waals surface area (Å²) in [6.45, 7) is 6.87. The summed E-state index contributed by atoms with van der Waals surface area (Å²) in [5.41, 5.74) is 2.91. The lowest BCUT2D eigenvalue weighted by molar-refractivity contribution is -0.132. The Bertz CT molecular complexity index is 991. The van der Waals surface area contributed by atoms with Crippen molar-refractivity contribution in [3.05, 3.63) is 53.0 Å². The molecule has 0 saturated carbocycles. The summed E-state index contributed by atoms with van der Waals surface area (Å²) in [6.07, 6.45) is 0.299. The van der Waals surface area contributed by atoms with Crippen LogP contribution in [-0.2, 0) is 17.8 Å². The minimum atomic E-state index is -0.669. The average molecular weight is 439 g/mol. The number of carbonyl (C=O) groups is 2. The lowest BCUT2D eigenvalue weighted by Crippen LogP contribution is -2.56. The summed E-state index contributed by atoms with van der Waals surface area (Å²) in [4.78, 5) is 36.4. The number of hydrogen-bond donors (Lipinski definition) is 3. The van der Waals surface area contributed by atoms with E-state index in [1.165, 1.54) is 11.1 Å². The van der Waals surface area contributed by atoms with Gasteiger partial charge in [0.05, 0.1) is 12.1 Å². The van der Waals surface area contributed by atoms with Gasteiger partial charge in [-0.3, -0.25) is 14.5 Å². The largest absolute Gasteiger partial charge is 0.390 e. The molecule has 9 heteroatoms. The molecule has 3 N–H and O–H groups in total.